The number of nitrogens with one attached hydrogen (secondary N) is 1. The van der Waals surface area contributed by atoms with Gasteiger partial charge in [-0.1, -0.05) is 32.1 Å². The molecular weight excluding hydrogens is 236 g/mol. The highest BCUT2D eigenvalue weighted by atomic mass is 16.2. The van der Waals surface area contributed by atoms with Gasteiger partial charge in [-0.15, -0.1) is 0 Å². The van der Waals surface area contributed by atoms with E-state index in [1.54, 1.807) is 0 Å². The molecule has 1 N–H and O–H groups in total. The van der Waals surface area contributed by atoms with Crippen LogP contribution < -0.4 is 5.32 Å². The molecule has 3 heteroatoms. The molecule has 0 saturated carbocycles. The molecule has 3 nitrogen and oxygen atoms in total. The van der Waals surface area contributed by atoms with E-state index < -0.39 is 0 Å². The average Bonchev–Trinajstić information content (AvgIpc) is 2.62. The number of carbonyl (C=O) groups is 1. The van der Waals surface area contributed by atoms with Gasteiger partial charge in [0.05, 0.1) is 6.04 Å². The van der Waals surface area contributed by atoms with E-state index in [0.29, 0.717) is 6.04 Å². The van der Waals surface area contributed by atoms with E-state index in [9.17, 15) is 4.79 Å². The van der Waals surface area contributed by atoms with Crippen molar-refractivity contribution in [2.45, 2.75) is 52.1 Å². The van der Waals surface area contributed by atoms with Gasteiger partial charge in [-0.25, -0.2) is 0 Å². The molecule has 2 rings (SSSR count). The molecule has 1 fully saturated rings. The number of hydrogen-bond donors (Lipinski definition) is 1. The van der Waals surface area contributed by atoms with Crippen LogP contribution in [-0.2, 0) is 4.79 Å². The quantitative estimate of drug-likeness (QED) is 0.847. The standard InChI is InChI=1S/C16H26N2O/c1-12-7-5-9-14(17-4)15(19)18(12)11-13-8-6-10-16(13,2)3/h6,8,10,12,14,17H,5,7,9,11H2,1-4H3. The second-order valence-electron chi connectivity index (χ2n) is 6.36. The number of carbonyl (C=O) groups excluding carboxylic acids is 1. The summed E-state index contributed by atoms with van der Waals surface area (Å²) in [6, 6.07) is 0.325. The maximum absolute atomic E-state index is 12.6. The minimum atomic E-state index is -0.0111. The summed E-state index contributed by atoms with van der Waals surface area (Å²) in [6.07, 6.45) is 9.67. The monoisotopic (exact) mass is 262 g/mol. The Kier molecular flexibility index (Phi) is 4.14. The Bertz CT molecular complexity index is 409. The Hall–Kier alpha value is -1.09. The predicted octanol–water partition coefficient (Wildman–Crippen LogP) is 2.50. The number of rotatable bonds is 3. The van der Waals surface area contributed by atoms with E-state index in [1.807, 2.05) is 7.05 Å². The van der Waals surface area contributed by atoms with E-state index in [1.165, 1.54) is 5.57 Å². The van der Waals surface area contributed by atoms with Crippen LogP contribution in [0.1, 0.15) is 40.0 Å². The molecule has 2 atom stereocenters. The van der Waals surface area contributed by atoms with Crippen LogP contribution in [0.15, 0.2) is 23.8 Å². The van der Waals surface area contributed by atoms with Gasteiger partial charge < -0.3 is 10.2 Å². The number of hydrogen-bond acceptors (Lipinski definition) is 2. The van der Waals surface area contributed by atoms with Crippen LogP contribution in [0.2, 0.25) is 0 Å². The third-order valence-corrected chi connectivity index (χ3v) is 4.56. The largest absolute Gasteiger partial charge is 0.335 e. The van der Waals surface area contributed by atoms with Gasteiger partial charge in [0.1, 0.15) is 0 Å². The van der Waals surface area contributed by atoms with Crippen molar-refractivity contribution in [3.63, 3.8) is 0 Å². The number of amides is 1. The minimum Gasteiger partial charge on any atom is -0.335 e. The summed E-state index contributed by atoms with van der Waals surface area (Å²) >= 11 is 0. The first-order valence-electron chi connectivity index (χ1n) is 7.32. The fourth-order valence-electron chi connectivity index (χ4n) is 2.98. The lowest BCUT2D eigenvalue weighted by atomic mass is 9.87. The van der Waals surface area contributed by atoms with Crippen molar-refractivity contribution in [3.05, 3.63) is 23.8 Å². The molecular formula is C16H26N2O. The number of likely N-dealkylation sites (tertiary alicyclic amines) is 1. The molecule has 1 heterocycles. The Morgan fingerprint density at radius 1 is 1.42 bits per heavy atom. The summed E-state index contributed by atoms with van der Waals surface area (Å²) in [5.74, 6) is 0.260. The van der Waals surface area contributed by atoms with Crippen LogP contribution in [0.4, 0.5) is 0 Å². The SMILES string of the molecule is CNC1CCCC(C)N(CC2=CC=CC2(C)C)C1=O. The maximum atomic E-state index is 12.6. The van der Waals surface area contributed by atoms with Crippen molar-refractivity contribution in [1.82, 2.24) is 10.2 Å². The van der Waals surface area contributed by atoms with Crippen LogP contribution >= 0.6 is 0 Å². The molecule has 0 spiro atoms. The second kappa shape index (κ2) is 5.49. The van der Waals surface area contributed by atoms with E-state index >= 15 is 0 Å². The highest BCUT2D eigenvalue weighted by molar-refractivity contribution is 5.82. The van der Waals surface area contributed by atoms with Gasteiger partial charge in [-0.05, 0) is 38.8 Å². The maximum Gasteiger partial charge on any atom is 0.240 e. The first-order valence-corrected chi connectivity index (χ1v) is 7.32. The number of allylic oxidation sites excluding steroid dienone is 3. The molecule has 0 aromatic carbocycles. The molecule has 0 aromatic rings. The van der Waals surface area contributed by atoms with Crippen molar-refractivity contribution < 1.29 is 4.79 Å². The topological polar surface area (TPSA) is 32.3 Å². The molecule has 1 amide bonds. The molecule has 0 bridgehead atoms. The van der Waals surface area contributed by atoms with Crippen molar-refractivity contribution in [1.29, 1.82) is 0 Å². The van der Waals surface area contributed by atoms with Crippen LogP contribution in [-0.4, -0.2) is 36.5 Å². The fourth-order valence-corrected chi connectivity index (χ4v) is 2.98. The van der Waals surface area contributed by atoms with Crippen molar-refractivity contribution in [2.75, 3.05) is 13.6 Å². The van der Waals surface area contributed by atoms with Gasteiger partial charge in [0.15, 0.2) is 0 Å². The number of nitrogens with zero attached hydrogens (tertiary/aromatic N) is 1. The molecule has 1 aliphatic heterocycles. The van der Waals surface area contributed by atoms with Crippen molar-refractivity contribution in [2.24, 2.45) is 5.41 Å². The minimum absolute atomic E-state index is 0.0111. The zero-order chi connectivity index (χ0) is 14.0. The van der Waals surface area contributed by atoms with E-state index in [2.05, 4.69) is 49.2 Å². The first kappa shape index (κ1) is 14.3. The van der Waals surface area contributed by atoms with Crippen LogP contribution in [0.5, 0.6) is 0 Å². The summed E-state index contributed by atoms with van der Waals surface area (Å²) in [5, 5.41) is 3.16. The lowest BCUT2D eigenvalue weighted by Gasteiger charge is -2.33. The second-order valence-corrected chi connectivity index (χ2v) is 6.36. The van der Waals surface area contributed by atoms with E-state index in [4.69, 9.17) is 0 Å². The lowest BCUT2D eigenvalue weighted by Crippen LogP contribution is -2.48. The zero-order valence-electron chi connectivity index (χ0n) is 12.6. The Morgan fingerprint density at radius 3 is 2.74 bits per heavy atom. The Labute approximate surface area is 116 Å². The highest BCUT2D eigenvalue weighted by Crippen LogP contribution is 2.34. The smallest absolute Gasteiger partial charge is 0.240 e. The molecule has 1 saturated heterocycles. The van der Waals surface area contributed by atoms with Crippen LogP contribution in [0, 0.1) is 5.41 Å². The van der Waals surface area contributed by atoms with Crippen LogP contribution in [0.3, 0.4) is 0 Å². The summed E-state index contributed by atoms with van der Waals surface area (Å²) in [5.41, 5.74) is 1.42. The Balaban J connectivity index is 2.14. The summed E-state index contributed by atoms with van der Waals surface area (Å²) in [4.78, 5) is 14.7. The zero-order valence-corrected chi connectivity index (χ0v) is 12.6. The molecule has 1 aliphatic carbocycles. The molecule has 106 valence electrons. The highest BCUT2D eigenvalue weighted by Gasteiger charge is 2.33. The summed E-state index contributed by atoms with van der Waals surface area (Å²) < 4.78 is 0. The molecule has 0 radical (unpaired) electrons. The Morgan fingerprint density at radius 2 is 2.16 bits per heavy atom. The number of likely N-dealkylation sites (N-methyl/N-ethyl adjacent to an activating group) is 1. The fraction of sp³-hybridized carbons (Fsp3) is 0.688. The third-order valence-electron chi connectivity index (χ3n) is 4.56. The normalized spacial score (nSPS) is 30.4. The van der Waals surface area contributed by atoms with Crippen molar-refractivity contribution in [3.8, 4) is 0 Å². The van der Waals surface area contributed by atoms with Gasteiger partial charge >= 0.3 is 0 Å². The molecule has 2 aliphatic rings. The summed E-state index contributed by atoms with van der Waals surface area (Å²) in [6.45, 7) is 7.36. The lowest BCUT2D eigenvalue weighted by molar-refractivity contribution is -0.134. The summed E-state index contributed by atoms with van der Waals surface area (Å²) in [7, 11) is 1.89. The predicted molar refractivity (Wildman–Crippen MR) is 78.9 cm³/mol. The van der Waals surface area contributed by atoms with E-state index in [-0.39, 0.29) is 17.4 Å². The van der Waals surface area contributed by atoms with Gasteiger partial charge in [0.2, 0.25) is 5.91 Å². The first-order chi connectivity index (χ1) is 8.95. The van der Waals surface area contributed by atoms with Gasteiger partial charge in [-0.3, -0.25) is 4.79 Å². The van der Waals surface area contributed by atoms with Crippen LogP contribution in [0.25, 0.3) is 0 Å². The molecule has 2 unspecified atom stereocenters. The van der Waals surface area contributed by atoms with Crippen molar-refractivity contribution >= 4 is 5.91 Å². The molecule has 0 aromatic heterocycles. The van der Waals surface area contributed by atoms with Gasteiger partial charge in [-0.2, -0.15) is 0 Å². The third kappa shape index (κ3) is 2.92. The average molecular weight is 262 g/mol. The molecule has 19 heavy (non-hydrogen) atoms. The van der Waals surface area contributed by atoms with Gasteiger partial charge in [0.25, 0.3) is 0 Å². The van der Waals surface area contributed by atoms with Gasteiger partial charge in [0, 0.05) is 18.0 Å². The van der Waals surface area contributed by atoms with E-state index in [0.717, 1.165) is 25.8 Å².